The molecule has 0 aromatic heterocycles. The summed E-state index contributed by atoms with van der Waals surface area (Å²) >= 11 is 0. The Morgan fingerprint density at radius 1 is 1.25 bits per heavy atom. The van der Waals surface area contributed by atoms with Gasteiger partial charge in [-0.1, -0.05) is 20.4 Å². The number of hydrazine groups is 1. The molecule has 0 unspecified atom stereocenters. The van der Waals surface area contributed by atoms with Crippen LogP contribution in [0.15, 0.2) is 12.3 Å². The number of hydrogen-bond acceptors (Lipinski definition) is 3. The number of nitrogens with two attached hydrogens (primary N) is 1. The molecule has 3 nitrogen and oxygen atoms in total. The van der Waals surface area contributed by atoms with Crippen molar-refractivity contribution in [2.45, 2.75) is 13.8 Å². The topological polar surface area (TPSA) is 32.5 Å². The molecular formula is C9H19N3. The van der Waals surface area contributed by atoms with Gasteiger partial charge in [0.25, 0.3) is 0 Å². The number of hydrogen-bond donors (Lipinski definition) is 1. The van der Waals surface area contributed by atoms with Gasteiger partial charge >= 0.3 is 0 Å². The molecule has 70 valence electrons. The molecule has 0 aliphatic carbocycles. The molecule has 12 heavy (non-hydrogen) atoms. The number of piperazine rings is 1. The number of allylic oxidation sites excluding steroid dienone is 1. The molecule has 1 saturated heterocycles. The van der Waals surface area contributed by atoms with Gasteiger partial charge in [-0.3, -0.25) is 5.84 Å². The highest BCUT2D eigenvalue weighted by Crippen LogP contribution is 2.14. The maximum absolute atomic E-state index is 5.65. The summed E-state index contributed by atoms with van der Waals surface area (Å²) in [6.45, 7) is 12.4. The number of nitrogens with zero attached hydrogens (tertiary/aromatic N) is 2. The van der Waals surface area contributed by atoms with Gasteiger partial charge in [-0.15, -0.1) is 0 Å². The lowest BCUT2D eigenvalue weighted by atomic mass is 10.1. The summed E-state index contributed by atoms with van der Waals surface area (Å²) in [5.41, 5.74) is 1.24. The van der Waals surface area contributed by atoms with Crippen molar-refractivity contribution in [2.24, 2.45) is 11.8 Å². The van der Waals surface area contributed by atoms with Crippen LogP contribution in [-0.4, -0.2) is 36.1 Å². The summed E-state index contributed by atoms with van der Waals surface area (Å²) in [4.78, 5) is 2.33. The SMILES string of the molecule is C=C(C(C)C)N1CCN(N)CC1. The van der Waals surface area contributed by atoms with E-state index in [1.807, 2.05) is 5.01 Å². The summed E-state index contributed by atoms with van der Waals surface area (Å²) in [5, 5.41) is 1.87. The zero-order valence-corrected chi connectivity index (χ0v) is 8.08. The second kappa shape index (κ2) is 3.92. The highest BCUT2D eigenvalue weighted by Gasteiger charge is 2.16. The van der Waals surface area contributed by atoms with Crippen LogP contribution in [0.4, 0.5) is 0 Å². The van der Waals surface area contributed by atoms with Crippen molar-refractivity contribution in [2.75, 3.05) is 26.2 Å². The lowest BCUT2D eigenvalue weighted by Gasteiger charge is -2.36. The Morgan fingerprint density at radius 2 is 1.75 bits per heavy atom. The minimum Gasteiger partial charge on any atom is -0.372 e. The van der Waals surface area contributed by atoms with Crippen LogP contribution in [0.5, 0.6) is 0 Å². The Bertz CT molecular complexity index is 157. The van der Waals surface area contributed by atoms with Crippen LogP contribution in [0.2, 0.25) is 0 Å². The summed E-state index contributed by atoms with van der Waals surface area (Å²) in [7, 11) is 0. The van der Waals surface area contributed by atoms with Crippen molar-refractivity contribution < 1.29 is 0 Å². The summed E-state index contributed by atoms with van der Waals surface area (Å²) in [6, 6.07) is 0. The van der Waals surface area contributed by atoms with E-state index in [1.54, 1.807) is 0 Å². The molecule has 0 spiro atoms. The normalized spacial score (nSPS) is 20.2. The van der Waals surface area contributed by atoms with Crippen LogP contribution in [-0.2, 0) is 0 Å². The lowest BCUT2D eigenvalue weighted by Crippen LogP contribution is -2.49. The van der Waals surface area contributed by atoms with Gasteiger partial charge in [0.15, 0.2) is 0 Å². The smallest absolute Gasteiger partial charge is 0.0317 e. The van der Waals surface area contributed by atoms with Gasteiger partial charge in [0.2, 0.25) is 0 Å². The summed E-state index contributed by atoms with van der Waals surface area (Å²) < 4.78 is 0. The van der Waals surface area contributed by atoms with Crippen molar-refractivity contribution in [3.8, 4) is 0 Å². The molecule has 0 aromatic carbocycles. The zero-order chi connectivity index (χ0) is 9.14. The molecule has 1 fully saturated rings. The molecule has 1 aliphatic rings. The molecule has 1 rings (SSSR count). The molecule has 0 atom stereocenters. The predicted octanol–water partition coefficient (Wildman–Crippen LogP) is 0.647. The third-order valence-corrected chi connectivity index (χ3v) is 2.39. The molecule has 0 amide bonds. The minimum absolute atomic E-state index is 0.550. The first kappa shape index (κ1) is 9.55. The van der Waals surface area contributed by atoms with E-state index in [2.05, 4.69) is 25.3 Å². The lowest BCUT2D eigenvalue weighted by molar-refractivity contribution is 0.153. The van der Waals surface area contributed by atoms with E-state index in [4.69, 9.17) is 5.84 Å². The average Bonchev–Trinajstić information content (AvgIpc) is 2.04. The quantitative estimate of drug-likeness (QED) is 0.616. The molecule has 1 heterocycles. The van der Waals surface area contributed by atoms with E-state index < -0.39 is 0 Å². The van der Waals surface area contributed by atoms with Gasteiger partial charge in [0, 0.05) is 31.9 Å². The third-order valence-electron chi connectivity index (χ3n) is 2.39. The fourth-order valence-corrected chi connectivity index (χ4v) is 1.37. The van der Waals surface area contributed by atoms with Gasteiger partial charge in [0.05, 0.1) is 0 Å². The van der Waals surface area contributed by atoms with Crippen molar-refractivity contribution in [1.82, 2.24) is 9.91 Å². The highest BCUT2D eigenvalue weighted by atomic mass is 15.4. The van der Waals surface area contributed by atoms with Crippen LogP contribution in [0, 0.1) is 5.92 Å². The Balaban J connectivity index is 2.39. The van der Waals surface area contributed by atoms with Crippen LogP contribution >= 0.6 is 0 Å². The standard InChI is InChI=1S/C9H19N3/c1-8(2)9(3)11-4-6-12(10)7-5-11/h8H,3-7,10H2,1-2H3. The molecule has 3 heteroatoms. The van der Waals surface area contributed by atoms with Gasteiger partial charge in [0.1, 0.15) is 0 Å². The van der Waals surface area contributed by atoms with E-state index in [1.165, 1.54) is 5.70 Å². The number of rotatable bonds is 2. The minimum atomic E-state index is 0.550. The van der Waals surface area contributed by atoms with Gasteiger partial charge in [-0.05, 0) is 5.92 Å². The average molecular weight is 169 g/mol. The fourth-order valence-electron chi connectivity index (χ4n) is 1.37. The van der Waals surface area contributed by atoms with Crippen LogP contribution in [0.1, 0.15) is 13.8 Å². The maximum Gasteiger partial charge on any atom is 0.0317 e. The zero-order valence-electron chi connectivity index (χ0n) is 8.08. The van der Waals surface area contributed by atoms with E-state index in [-0.39, 0.29) is 0 Å². The largest absolute Gasteiger partial charge is 0.372 e. The van der Waals surface area contributed by atoms with Crippen LogP contribution in [0.25, 0.3) is 0 Å². The first-order chi connectivity index (χ1) is 5.61. The van der Waals surface area contributed by atoms with Crippen molar-refractivity contribution >= 4 is 0 Å². The van der Waals surface area contributed by atoms with Crippen molar-refractivity contribution in [1.29, 1.82) is 0 Å². The predicted molar refractivity (Wildman–Crippen MR) is 51.3 cm³/mol. The summed E-state index contributed by atoms with van der Waals surface area (Å²) in [6.07, 6.45) is 0. The molecule has 0 bridgehead atoms. The van der Waals surface area contributed by atoms with Crippen LogP contribution in [0.3, 0.4) is 0 Å². The van der Waals surface area contributed by atoms with Crippen molar-refractivity contribution in [3.05, 3.63) is 12.3 Å². The second-order valence-electron chi connectivity index (χ2n) is 3.67. The van der Waals surface area contributed by atoms with Crippen LogP contribution < -0.4 is 5.84 Å². The van der Waals surface area contributed by atoms with E-state index >= 15 is 0 Å². The fraction of sp³-hybridized carbons (Fsp3) is 0.778. The molecule has 2 N–H and O–H groups in total. The van der Waals surface area contributed by atoms with Crippen molar-refractivity contribution in [3.63, 3.8) is 0 Å². The summed E-state index contributed by atoms with van der Waals surface area (Å²) in [5.74, 6) is 6.20. The Hall–Kier alpha value is -0.540. The first-order valence-corrected chi connectivity index (χ1v) is 4.54. The second-order valence-corrected chi connectivity index (χ2v) is 3.67. The Kier molecular flexibility index (Phi) is 3.12. The first-order valence-electron chi connectivity index (χ1n) is 4.54. The van der Waals surface area contributed by atoms with E-state index in [0.717, 1.165) is 26.2 Å². The molecule has 0 saturated carbocycles. The monoisotopic (exact) mass is 169 g/mol. The van der Waals surface area contributed by atoms with Gasteiger partial charge in [-0.2, -0.15) is 0 Å². The Morgan fingerprint density at radius 3 is 2.17 bits per heavy atom. The molecule has 0 aromatic rings. The Labute approximate surface area is 74.8 Å². The van der Waals surface area contributed by atoms with E-state index in [0.29, 0.717) is 5.92 Å². The molecule has 1 aliphatic heterocycles. The van der Waals surface area contributed by atoms with Gasteiger partial charge < -0.3 is 4.90 Å². The third kappa shape index (κ3) is 2.22. The highest BCUT2D eigenvalue weighted by molar-refractivity contribution is 4.98. The van der Waals surface area contributed by atoms with E-state index in [9.17, 15) is 0 Å². The molecular weight excluding hydrogens is 150 g/mol. The van der Waals surface area contributed by atoms with Gasteiger partial charge in [-0.25, -0.2) is 5.01 Å². The molecule has 0 radical (unpaired) electrons. The maximum atomic E-state index is 5.65.